The molecule has 2 aromatic rings. The van der Waals surface area contributed by atoms with Crippen molar-refractivity contribution in [3.63, 3.8) is 0 Å². The third kappa shape index (κ3) is 3.04. The van der Waals surface area contributed by atoms with Crippen LogP contribution in [0.25, 0.3) is 0 Å². The van der Waals surface area contributed by atoms with Crippen molar-refractivity contribution in [2.24, 2.45) is 0 Å². The number of piperazine rings is 1. The Labute approximate surface area is 166 Å². The lowest BCUT2D eigenvalue weighted by atomic mass is 9.75. The molecule has 5 nitrogen and oxygen atoms in total. The first kappa shape index (κ1) is 18.8. The molecule has 2 aliphatic heterocycles. The number of carbonyl (C=O) groups is 1. The number of methoxy groups -OCH3 is 2. The van der Waals surface area contributed by atoms with Crippen molar-refractivity contribution >= 4 is 5.91 Å². The van der Waals surface area contributed by atoms with Crippen molar-refractivity contribution < 1.29 is 14.3 Å². The Hall–Kier alpha value is -2.53. The average Bonchev–Trinajstić information content (AvgIpc) is 2.72. The Balaban J connectivity index is 1.67. The second-order valence-electron chi connectivity index (χ2n) is 8.25. The Morgan fingerprint density at radius 2 is 1.68 bits per heavy atom. The zero-order valence-electron chi connectivity index (χ0n) is 17.1. The first-order valence-corrected chi connectivity index (χ1v) is 9.80. The normalized spacial score (nSPS) is 20.9. The van der Waals surface area contributed by atoms with Gasteiger partial charge in [-0.05, 0) is 23.3 Å². The van der Waals surface area contributed by atoms with Crippen molar-refractivity contribution in [1.82, 2.24) is 9.80 Å². The van der Waals surface area contributed by atoms with E-state index in [0.29, 0.717) is 30.2 Å². The summed E-state index contributed by atoms with van der Waals surface area (Å²) in [5, 5.41) is 0. The van der Waals surface area contributed by atoms with Crippen LogP contribution in [0.5, 0.6) is 11.5 Å². The zero-order chi connectivity index (χ0) is 19.9. The third-order valence-electron chi connectivity index (χ3n) is 6.07. The predicted molar refractivity (Wildman–Crippen MR) is 109 cm³/mol. The van der Waals surface area contributed by atoms with Crippen LogP contribution < -0.4 is 9.47 Å². The molecule has 4 rings (SSSR count). The van der Waals surface area contributed by atoms with Gasteiger partial charge in [-0.3, -0.25) is 9.69 Å². The Bertz CT molecular complexity index is 871. The summed E-state index contributed by atoms with van der Waals surface area (Å²) < 4.78 is 10.9. The fourth-order valence-corrected chi connectivity index (χ4v) is 4.71. The van der Waals surface area contributed by atoms with Crippen molar-refractivity contribution in [2.75, 3.05) is 40.4 Å². The van der Waals surface area contributed by atoms with E-state index in [4.69, 9.17) is 9.47 Å². The lowest BCUT2D eigenvalue weighted by Crippen LogP contribution is -2.56. The highest BCUT2D eigenvalue weighted by molar-refractivity contribution is 5.99. The zero-order valence-corrected chi connectivity index (χ0v) is 17.1. The molecule has 1 amide bonds. The van der Waals surface area contributed by atoms with Crippen LogP contribution in [0.4, 0.5) is 0 Å². The van der Waals surface area contributed by atoms with Gasteiger partial charge in [-0.25, -0.2) is 0 Å². The lowest BCUT2D eigenvalue weighted by molar-refractivity contribution is 0.0355. The maximum absolute atomic E-state index is 13.4. The van der Waals surface area contributed by atoms with E-state index in [1.165, 1.54) is 11.1 Å². The van der Waals surface area contributed by atoms with Gasteiger partial charge in [0.1, 0.15) is 17.1 Å². The van der Waals surface area contributed by atoms with Gasteiger partial charge in [0.15, 0.2) is 0 Å². The predicted octanol–water partition coefficient (Wildman–Crippen LogP) is 3.49. The second kappa shape index (κ2) is 7.13. The minimum absolute atomic E-state index is 0.0312. The molecule has 0 aromatic heterocycles. The van der Waals surface area contributed by atoms with E-state index >= 15 is 0 Å². The van der Waals surface area contributed by atoms with Crippen LogP contribution in [0, 0.1) is 0 Å². The highest BCUT2D eigenvalue weighted by Gasteiger charge is 2.41. The summed E-state index contributed by atoms with van der Waals surface area (Å²) in [4.78, 5) is 17.9. The number of rotatable bonds is 3. The fourth-order valence-electron chi connectivity index (χ4n) is 4.71. The van der Waals surface area contributed by atoms with E-state index < -0.39 is 0 Å². The third-order valence-corrected chi connectivity index (χ3v) is 6.07. The van der Waals surface area contributed by atoms with Gasteiger partial charge in [-0.15, -0.1) is 0 Å². The molecule has 0 spiro atoms. The number of amides is 1. The molecule has 1 fully saturated rings. The van der Waals surface area contributed by atoms with Gasteiger partial charge >= 0.3 is 0 Å². The SMILES string of the molecule is COc1cccc(OC)c1C(=O)N1CCN2CC(C)(C)c3ccccc3C2C1. The van der Waals surface area contributed by atoms with Crippen LogP contribution in [-0.2, 0) is 5.41 Å². The maximum Gasteiger partial charge on any atom is 0.261 e. The summed E-state index contributed by atoms with van der Waals surface area (Å²) in [5.41, 5.74) is 3.35. The van der Waals surface area contributed by atoms with E-state index in [2.05, 4.69) is 43.0 Å². The summed E-state index contributed by atoms with van der Waals surface area (Å²) in [6.45, 7) is 7.86. The van der Waals surface area contributed by atoms with E-state index in [1.807, 2.05) is 23.1 Å². The van der Waals surface area contributed by atoms with E-state index in [9.17, 15) is 4.79 Å². The summed E-state index contributed by atoms with van der Waals surface area (Å²) in [5.74, 6) is 1.07. The second-order valence-corrected chi connectivity index (χ2v) is 8.25. The summed E-state index contributed by atoms with van der Waals surface area (Å²) in [6, 6.07) is 14.3. The molecule has 2 aliphatic rings. The van der Waals surface area contributed by atoms with Crippen LogP contribution in [0.1, 0.15) is 41.4 Å². The van der Waals surface area contributed by atoms with Crippen LogP contribution in [0.3, 0.4) is 0 Å². The van der Waals surface area contributed by atoms with Gasteiger partial charge in [0.2, 0.25) is 0 Å². The molecule has 148 valence electrons. The quantitative estimate of drug-likeness (QED) is 0.817. The first-order valence-electron chi connectivity index (χ1n) is 9.80. The first-order chi connectivity index (χ1) is 13.5. The minimum Gasteiger partial charge on any atom is -0.496 e. The highest BCUT2D eigenvalue weighted by atomic mass is 16.5. The molecule has 2 aromatic carbocycles. The summed E-state index contributed by atoms with van der Waals surface area (Å²) >= 11 is 0. The standard InChI is InChI=1S/C23H28N2O3/c1-23(2)15-25-13-12-24(14-18(25)16-8-5-6-9-17(16)23)22(26)21-19(27-3)10-7-11-20(21)28-4/h5-11,18H,12-15H2,1-4H3. The number of ether oxygens (including phenoxy) is 2. The van der Waals surface area contributed by atoms with Crippen molar-refractivity contribution in [3.8, 4) is 11.5 Å². The van der Waals surface area contributed by atoms with Gasteiger partial charge in [0.25, 0.3) is 5.91 Å². The number of hydrogen-bond acceptors (Lipinski definition) is 4. The largest absolute Gasteiger partial charge is 0.496 e. The van der Waals surface area contributed by atoms with E-state index in [0.717, 1.165) is 13.1 Å². The molecule has 28 heavy (non-hydrogen) atoms. The van der Waals surface area contributed by atoms with E-state index in [-0.39, 0.29) is 17.4 Å². The van der Waals surface area contributed by atoms with Crippen LogP contribution in [0.15, 0.2) is 42.5 Å². The van der Waals surface area contributed by atoms with Gasteiger partial charge < -0.3 is 14.4 Å². The molecular formula is C23H28N2O3. The maximum atomic E-state index is 13.4. The number of fused-ring (bicyclic) bond motifs is 3. The molecule has 0 N–H and O–H groups in total. The van der Waals surface area contributed by atoms with Crippen LogP contribution in [-0.4, -0.2) is 56.1 Å². The lowest BCUT2D eigenvalue weighted by Gasteiger charge is -2.50. The van der Waals surface area contributed by atoms with Crippen LogP contribution in [0.2, 0.25) is 0 Å². The minimum atomic E-state index is -0.0312. The monoisotopic (exact) mass is 380 g/mol. The highest BCUT2D eigenvalue weighted by Crippen LogP contribution is 2.41. The van der Waals surface area contributed by atoms with E-state index in [1.54, 1.807) is 14.2 Å². The molecule has 1 saturated heterocycles. The van der Waals surface area contributed by atoms with Gasteiger partial charge in [-0.2, -0.15) is 0 Å². The van der Waals surface area contributed by atoms with Gasteiger partial charge in [0.05, 0.1) is 20.3 Å². The van der Waals surface area contributed by atoms with Crippen LogP contribution >= 0.6 is 0 Å². The molecule has 1 atom stereocenters. The molecule has 0 bridgehead atoms. The molecule has 0 saturated carbocycles. The summed E-state index contributed by atoms with van der Waals surface area (Å²) in [6.07, 6.45) is 0. The summed E-state index contributed by atoms with van der Waals surface area (Å²) in [7, 11) is 3.17. The Morgan fingerprint density at radius 1 is 1.00 bits per heavy atom. The van der Waals surface area contributed by atoms with Crippen molar-refractivity contribution in [1.29, 1.82) is 0 Å². The smallest absolute Gasteiger partial charge is 0.261 e. The fraction of sp³-hybridized carbons (Fsp3) is 0.435. The molecule has 1 unspecified atom stereocenters. The Kier molecular flexibility index (Phi) is 4.79. The number of nitrogens with zero attached hydrogens (tertiary/aromatic N) is 2. The number of hydrogen-bond donors (Lipinski definition) is 0. The van der Waals surface area contributed by atoms with Crippen molar-refractivity contribution in [2.45, 2.75) is 25.3 Å². The van der Waals surface area contributed by atoms with Gasteiger partial charge in [0, 0.05) is 31.6 Å². The Morgan fingerprint density at radius 3 is 2.36 bits per heavy atom. The number of carbonyl (C=O) groups excluding carboxylic acids is 1. The number of benzene rings is 2. The molecule has 0 aliphatic carbocycles. The topological polar surface area (TPSA) is 42.0 Å². The van der Waals surface area contributed by atoms with Gasteiger partial charge in [-0.1, -0.05) is 44.2 Å². The average molecular weight is 380 g/mol. The molecule has 5 heteroatoms. The van der Waals surface area contributed by atoms with Crippen molar-refractivity contribution in [3.05, 3.63) is 59.2 Å². The molecule has 0 radical (unpaired) electrons. The molecule has 2 heterocycles. The molecular weight excluding hydrogens is 352 g/mol.